The van der Waals surface area contributed by atoms with E-state index in [2.05, 4.69) is 15.0 Å². The van der Waals surface area contributed by atoms with Gasteiger partial charge in [-0.1, -0.05) is 12.8 Å². The van der Waals surface area contributed by atoms with E-state index in [1.807, 2.05) is 6.07 Å². The minimum atomic E-state index is 0.290. The van der Waals surface area contributed by atoms with Crippen molar-refractivity contribution >= 4 is 5.95 Å². The van der Waals surface area contributed by atoms with E-state index in [0.29, 0.717) is 11.7 Å². The average Bonchev–Trinajstić information content (AvgIpc) is 3.02. The smallest absolute Gasteiger partial charge is 0.223 e. The molecule has 0 spiro atoms. The van der Waals surface area contributed by atoms with Crippen molar-refractivity contribution < 1.29 is 4.42 Å². The molecule has 2 aromatic heterocycles. The maximum atomic E-state index is 5.74. The molecule has 88 valence electrons. The van der Waals surface area contributed by atoms with Gasteiger partial charge in [0.15, 0.2) is 5.82 Å². The van der Waals surface area contributed by atoms with Crippen LogP contribution in [0.15, 0.2) is 23.0 Å². The van der Waals surface area contributed by atoms with Crippen LogP contribution in [0.5, 0.6) is 0 Å². The van der Waals surface area contributed by atoms with E-state index in [-0.39, 0.29) is 5.95 Å². The van der Waals surface area contributed by atoms with Crippen LogP contribution in [0.3, 0.4) is 0 Å². The molecule has 0 bridgehead atoms. The highest BCUT2D eigenvalue weighted by Gasteiger charge is 2.21. The quantitative estimate of drug-likeness (QED) is 0.856. The first kappa shape index (κ1) is 10.3. The first-order valence-corrected chi connectivity index (χ1v) is 5.87. The number of anilines is 1. The van der Waals surface area contributed by atoms with Crippen molar-refractivity contribution in [3.8, 4) is 11.4 Å². The van der Waals surface area contributed by atoms with E-state index in [4.69, 9.17) is 10.2 Å². The molecule has 5 heteroatoms. The van der Waals surface area contributed by atoms with Crippen LogP contribution in [0.4, 0.5) is 5.95 Å². The van der Waals surface area contributed by atoms with Crippen molar-refractivity contribution in [1.82, 2.24) is 15.0 Å². The Morgan fingerprint density at radius 3 is 2.71 bits per heavy atom. The fraction of sp³-hybridized carbons (Fsp3) is 0.417. The third kappa shape index (κ3) is 2.00. The highest BCUT2D eigenvalue weighted by atomic mass is 16.3. The second-order valence-corrected chi connectivity index (χ2v) is 4.37. The van der Waals surface area contributed by atoms with Gasteiger partial charge in [-0.05, 0) is 18.9 Å². The van der Waals surface area contributed by atoms with Crippen LogP contribution in [-0.4, -0.2) is 15.0 Å². The van der Waals surface area contributed by atoms with E-state index in [0.717, 1.165) is 24.2 Å². The normalized spacial score (nSPS) is 16.5. The Balaban J connectivity index is 2.00. The summed E-state index contributed by atoms with van der Waals surface area (Å²) in [6, 6.07) is 1.83. The van der Waals surface area contributed by atoms with Crippen LogP contribution in [0.25, 0.3) is 11.4 Å². The molecule has 5 nitrogen and oxygen atoms in total. The summed E-state index contributed by atoms with van der Waals surface area (Å²) in [6.45, 7) is 0. The first-order chi connectivity index (χ1) is 8.33. The summed E-state index contributed by atoms with van der Waals surface area (Å²) in [5, 5.41) is 0. The third-order valence-electron chi connectivity index (χ3n) is 3.17. The molecule has 0 atom stereocenters. The van der Waals surface area contributed by atoms with Crippen LogP contribution in [0.2, 0.25) is 0 Å². The molecular formula is C12H14N4O. The second kappa shape index (κ2) is 4.16. The first-order valence-electron chi connectivity index (χ1n) is 5.87. The Morgan fingerprint density at radius 2 is 2.00 bits per heavy atom. The van der Waals surface area contributed by atoms with Crippen molar-refractivity contribution in [2.45, 2.75) is 31.6 Å². The summed E-state index contributed by atoms with van der Waals surface area (Å²) in [7, 11) is 0. The molecule has 1 saturated carbocycles. The highest BCUT2D eigenvalue weighted by molar-refractivity contribution is 5.53. The van der Waals surface area contributed by atoms with Gasteiger partial charge in [0.2, 0.25) is 5.95 Å². The predicted octanol–water partition coefficient (Wildman–Crippen LogP) is 2.37. The van der Waals surface area contributed by atoms with Crippen LogP contribution >= 0.6 is 0 Å². The molecule has 0 aliphatic heterocycles. The van der Waals surface area contributed by atoms with Gasteiger partial charge in [0.25, 0.3) is 0 Å². The van der Waals surface area contributed by atoms with E-state index in [1.165, 1.54) is 12.8 Å². The molecule has 0 saturated heterocycles. The molecule has 2 heterocycles. The van der Waals surface area contributed by atoms with Gasteiger partial charge in [-0.2, -0.15) is 9.97 Å². The number of rotatable bonds is 2. The molecule has 3 rings (SSSR count). The maximum Gasteiger partial charge on any atom is 0.223 e. The Bertz CT molecular complexity index is 503. The van der Waals surface area contributed by atoms with Gasteiger partial charge in [0, 0.05) is 5.92 Å². The Hall–Kier alpha value is -1.91. The zero-order valence-electron chi connectivity index (χ0n) is 9.47. The van der Waals surface area contributed by atoms with E-state index in [9.17, 15) is 0 Å². The second-order valence-electron chi connectivity index (χ2n) is 4.37. The lowest BCUT2D eigenvalue weighted by atomic mass is 10.1. The van der Waals surface area contributed by atoms with Crippen molar-refractivity contribution in [3.05, 3.63) is 24.4 Å². The number of hydrogen-bond donors (Lipinski definition) is 1. The van der Waals surface area contributed by atoms with Gasteiger partial charge in [-0.25, -0.2) is 4.98 Å². The molecule has 0 amide bonds. The largest absolute Gasteiger partial charge is 0.472 e. The van der Waals surface area contributed by atoms with Crippen molar-refractivity contribution in [1.29, 1.82) is 0 Å². The topological polar surface area (TPSA) is 77.8 Å². The fourth-order valence-electron chi connectivity index (χ4n) is 2.30. The van der Waals surface area contributed by atoms with Gasteiger partial charge in [0.1, 0.15) is 12.1 Å². The fourth-order valence-corrected chi connectivity index (χ4v) is 2.30. The number of furan rings is 1. The van der Waals surface area contributed by atoms with E-state index >= 15 is 0 Å². The maximum absolute atomic E-state index is 5.74. The Labute approximate surface area is 99.1 Å². The summed E-state index contributed by atoms with van der Waals surface area (Å²) >= 11 is 0. The lowest BCUT2D eigenvalue weighted by Crippen LogP contribution is -2.07. The summed E-state index contributed by atoms with van der Waals surface area (Å²) in [5.41, 5.74) is 6.59. The SMILES string of the molecule is Nc1nc(-c2ccoc2)nc(C2CCCC2)n1. The summed E-state index contributed by atoms with van der Waals surface area (Å²) in [5.74, 6) is 2.16. The van der Waals surface area contributed by atoms with E-state index < -0.39 is 0 Å². The lowest BCUT2D eigenvalue weighted by Gasteiger charge is -2.08. The van der Waals surface area contributed by atoms with Crippen molar-refractivity contribution in [3.63, 3.8) is 0 Å². The lowest BCUT2D eigenvalue weighted by molar-refractivity contribution is 0.567. The Morgan fingerprint density at radius 1 is 1.18 bits per heavy atom. The highest BCUT2D eigenvalue weighted by Crippen LogP contribution is 2.32. The zero-order valence-corrected chi connectivity index (χ0v) is 9.47. The monoisotopic (exact) mass is 230 g/mol. The molecule has 17 heavy (non-hydrogen) atoms. The number of nitrogen functional groups attached to an aromatic ring is 1. The van der Waals surface area contributed by atoms with E-state index in [1.54, 1.807) is 12.5 Å². The van der Waals surface area contributed by atoms with Crippen LogP contribution in [0, 0.1) is 0 Å². The molecule has 0 unspecified atom stereocenters. The van der Waals surface area contributed by atoms with Crippen LogP contribution < -0.4 is 5.73 Å². The standard InChI is InChI=1S/C12H14N4O/c13-12-15-10(8-3-1-2-4-8)14-11(16-12)9-5-6-17-7-9/h5-8H,1-4H2,(H2,13,14,15,16). The molecule has 0 radical (unpaired) electrons. The Kier molecular flexibility index (Phi) is 2.51. The van der Waals surface area contributed by atoms with Gasteiger partial charge < -0.3 is 10.2 Å². The summed E-state index contributed by atoms with van der Waals surface area (Å²) in [4.78, 5) is 12.9. The molecular weight excluding hydrogens is 216 g/mol. The molecule has 1 aliphatic carbocycles. The predicted molar refractivity (Wildman–Crippen MR) is 63.2 cm³/mol. The average molecular weight is 230 g/mol. The zero-order chi connectivity index (χ0) is 11.7. The minimum absolute atomic E-state index is 0.290. The van der Waals surface area contributed by atoms with Gasteiger partial charge in [0.05, 0.1) is 11.8 Å². The number of nitrogens with zero attached hydrogens (tertiary/aromatic N) is 3. The number of nitrogens with two attached hydrogens (primary N) is 1. The molecule has 2 N–H and O–H groups in total. The molecule has 0 aromatic carbocycles. The number of aromatic nitrogens is 3. The summed E-state index contributed by atoms with van der Waals surface area (Å²) < 4.78 is 5.03. The van der Waals surface area contributed by atoms with Crippen molar-refractivity contribution in [2.75, 3.05) is 5.73 Å². The number of hydrogen-bond acceptors (Lipinski definition) is 5. The van der Waals surface area contributed by atoms with Crippen LogP contribution in [0.1, 0.15) is 37.4 Å². The summed E-state index contributed by atoms with van der Waals surface area (Å²) in [6.07, 6.45) is 8.01. The molecule has 2 aromatic rings. The molecule has 1 aliphatic rings. The molecule has 1 fully saturated rings. The van der Waals surface area contributed by atoms with Crippen molar-refractivity contribution in [2.24, 2.45) is 0 Å². The van der Waals surface area contributed by atoms with Gasteiger partial charge in [-0.15, -0.1) is 0 Å². The third-order valence-corrected chi connectivity index (χ3v) is 3.17. The van der Waals surface area contributed by atoms with Gasteiger partial charge in [-0.3, -0.25) is 0 Å². The van der Waals surface area contributed by atoms with Crippen LogP contribution in [-0.2, 0) is 0 Å². The van der Waals surface area contributed by atoms with Gasteiger partial charge >= 0.3 is 0 Å². The minimum Gasteiger partial charge on any atom is -0.472 e.